The minimum atomic E-state index is 0.238. The maximum absolute atomic E-state index is 6.17. The van der Waals surface area contributed by atoms with E-state index in [1.807, 2.05) is 31.6 Å². The Morgan fingerprint density at radius 2 is 2.35 bits per heavy atom. The number of fused-ring (bicyclic) bond motifs is 1. The molecule has 2 aliphatic rings. The van der Waals surface area contributed by atoms with Crippen LogP contribution in [-0.2, 0) is 7.05 Å². The lowest BCUT2D eigenvalue weighted by Crippen LogP contribution is -2.17. The molecule has 4 heteroatoms. The Labute approximate surface area is 105 Å². The first kappa shape index (κ1) is 10.5. The molecule has 0 saturated heterocycles. The number of dihydropyridines is 1. The molecule has 1 atom stereocenters. The summed E-state index contributed by atoms with van der Waals surface area (Å²) in [6, 6.07) is 0. The maximum Gasteiger partial charge on any atom is 0.0681 e. The normalized spacial score (nSPS) is 22.7. The van der Waals surface area contributed by atoms with E-state index in [9.17, 15) is 0 Å². The molecule has 1 aliphatic carbocycles. The minimum absolute atomic E-state index is 0.238. The number of aliphatic imine (C=N–C) groups is 1. The van der Waals surface area contributed by atoms with Gasteiger partial charge in [-0.15, -0.1) is 0 Å². The number of hydrogen-bond donors (Lipinski definition) is 0. The van der Waals surface area contributed by atoms with Crippen LogP contribution in [0.3, 0.4) is 0 Å². The van der Waals surface area contributed by atoms with Gasteiger partial charge in [0.25, 0.3) is 0 Å². The summed E-state index contributed by atoms with van der Waals surface area (Å²) in [7, 11) is 1.91. The lowest BCUT2D eigenvalue weighted by Gasteiger charge is -2.22. The Morgan fingerprint density at radius 3 is 3.12 bits per heavy atom. The van der Waals surface area contributed by atoms with Crippen LogP contribution >= 0.6 is 11.6 Å². The molecule has 1 aromatic rings. The van der Waals surface area contributed by atoms with E-state index in [1.165, 1.54) is 5.57 Å². The molecule has 0 amide bonds. The van der Waals surface area contributed by atoms with Crippen molar-refractivity contribution in [2.45, 2.75) is 0 Å². The van der Waals surface area contributed by atoms with Gasteiger partial charge >= 0.3 is 0 Å². The highest BCUT2D eigenvalue weighted by atomic mass is 35.5. The molecule has 0 bridgehead atoms. The first-order valence-electron chi connectivity index (χ1n) is 5.53. The number of aromatic nitrogens is 2. The van der Waals surface area contributed by atoms with Gasteiger partial charge in [0.1, 0.15) is 0 Å². The molecule has 2 heterocycles. The van der Waals surface area contributed by atoms with Crippen LogP contribution < -0.4 is 0 Å². The zero-order chi connectivity index (χ0) is 11.8. The molecule has 17 heavy (non-hydrogen) atoms. The van der Waals surface area contributed by atoms with Crippen molar-refractivity contribution in [1.29, 1.82) is 0 Å². The quantitative estimate of drug-likeness (QED) is 0.748. The van der Waals surface area contributed by atoms with E-state index >= 15 is 0 Å². The Hall–Kier alpha value is -1.61. The van der Waals surface area contributed by atoms with Crippen LogP contribution in [0.4, 0.5) is 0 Å². The molecule has 0 saturated carbocycles. The van der Waals surface area contributed by atoms with Gasteiger partial charge in [-0.05, 0) is 17.7 Å². The summed E-state index contributed by atoms with van der Waals surface area (Å²) in [6.45, 7) is 0.718. The van der Waals surface area contributed by atoms with Crippen LogP contribution in [0.1, 0.15) is 5.56 Å². The Bertz CT molecular complexity index is 575. The third-order valence-corrected chi connectivity index (χ3v) is 3.42. The summed E-state index contributed by atoms with van der Waals surface area (Å²) in [6.07, 6.45) is 11.9. The minimum Gasteiger partial charge on any atom is -0.284 e. The van der Waals surface area contributed by atoms with Gasteiger partial charge in [0, 0.05) is 29.8 Å². The second-order valence-corrected chi connectivity index (χ2v) is 4.67. The second-order valence-electron chi connectivity index (χ2n) is 4.24. The lowest BCUT2D eigenvalue weighted by molar-refractivity contribution is 0.759. The molecule has 0 N–H and O–H groups in total. The molecular formula is C13H12ClN3. The van der Waals surface area contributed by atoms with E-state index in [0.29, 0.717) is 0 Å². The highest BCUT2D eigenvalue weighted by Crippen LogP contribution is 2.31. The van der Waals surface area contributed by atoms with E-state index in [0.717, 1.165) is 22.9 Å². The predicted molar refractivity (Wildman–Crippen MR) is 69.3 cm³/mol. The molecule has 86 valence electrons. The van der Waals surface area contributed by atoms with Crippen LogP contribution in [0.15, 0.2) is 52.3 Å². The van der Waals surface area contributed by atoms with Crippen molar-refractivity contribution in [3.8, 4) is 0 Å². The van der Waals surface area contributed by atoms with Gasteiger partial charge in [0.2, 0.25) is 0 Å². The van der Waals surface area contributed by atoms with Crippen LogP contribution in [0.25, 0.3) is 0 Å². The summed E-state index contributed by atoms with van der Waals surface area (Å²) < 4.78 is 1.78. The van der Waals surface area contributed by atoms with Crippen molar-refractivity contribution in [1.82, 2.24) is 9.78 Å². The van der Waals surface area contributed by atoms with Crippen molar-refractivity contribution in [3.63, 3.8) is 0 Å². The largest absolute Gasteiger partial charge is 0.284 e. The zero-order valence-corrected chi connectivity index (χ0v) is 10.2. The fourth-order valence-corrected chi connectivity index (χ4v) is 2.37. The van der Waals surface area contributed by atoms with Crippen LogP contribution in [-0.4, -0.2) is 22.0 Å². The molecule has 0 spiro atoms. The van der Waals surface area contributed by atoms with Gasteiger partial charge < -0.3 is 0 Å². The van der Waals surface area contributed by atoms with Crippen molar-refractivity contribution in [3.05, 3.63) is 52.9 Å². The first-order chi connectivity index (χ1) is 8.24. The molecule has 0 aromatic carbocycles. The molecule has 0 radical (unpaired) electrons. The summed E-state index contributed by atoms with van der Waals surface area (Å²) >= 11 is 6.17. The smallest absolute Gasteiger partial charge is 0.0681 e. The summed E-state index contributed by atoms with van der Waals surface area (Å²) in [5.41, 5.74) is 3.27. The Balaban J connectivity index is 1.95. The van der Waals surface area contributed by atoms with Gasteiger partial charge in [-0.1, -0.05) is 23.8 Å². The predicted octanol–water partition coefficient (Wildman–Crippen LogP) is 2.46. The van der Waals surface area contributed by atoms with Gasteiger partial charge in [-0.25, -0.2) is 0 Å². The summed E-state index contributed by atoms with van der Waals surface area (Å²) in [4.78, 5) is 4.58. The third-order valence-electron chi connectivity index (χ3n) is 3.03. The average molecular weight is 246 g/mol. The molecule has 0 fully saturated rings. The number of allylic oxidation sites excluding steroid dienone is 4. The van der Waals surface area contributed by atoms with E-state index < -0.39 is 0 Å². The zero-order valence-electron chi connectivity index (χ0n) is 9.47. The standard InChI is InChI=1S/C13H12ClN3/c1-17-8-10(6-16-17)13-5-9-3-2-4-12(14)11(9)7-15-13/h2-6,8,11H,7H2,1H3. The number of nitrogens with zero attached hydrogens (tertiary/aromatic N) is 3. The molecule has 1 aliphatic heterocycles. The van der Waals surface area contributed by atoms with Gasteiger partial charge in [0.05, 0.1) is 18.5 Å². The number of rotatable bonds is 1. The lowest BCUT2D eigenvalue weighted by atomic mass is 9.90. The molecule has 1 unspecified atom stereocenters. The van der Waals surface area contributed by atoms with Gasteiger partial charge in [-0.2, -0.15) is 5.10 Å². The van der Waals surface area contributed by atoms with E-state index in [-0.39, 0.29) is 5.92 Å². The first-order valence-corrected chi connectivity index (χ1v) is 5.90. The topological polar surface area (TPSA) is 30.2 Å². The van der Waals surface area contributed by atoms with Gasteiger partial charge in [-0.3, -0.25) is 9.67 Å². The summed E-state index contributed by atoms with van der Waals surface area (Å²) in [5, 5.41) is 5.03. The fourth-order valence-electron chi connectivity index (χ4n) is 2.11. The SMILES string of the molecule is Cn1cc(C2=NCC3C(Cl)=CC=CC3=C2)cn1. The fraction of sp³-hybridized carbons (Fsp3) is 0.231. The van der Waals surface area contributed by atoms with Gasteiger partial charge in [0.15, 0.2) is 0 Å². The van der Waals surface area contributed by atoms with E-state index in [4.69, 9.17) is 11.6 Å². The van der Waals surface area contributed by atoms with Crippen LogP contribution in [0.2, 0.25) is 0 Å². The Morgan fingerprint density at radius 1 is 1.47 bits per heavy atom. The maximum atomic E-state index is 6.17. The number of hydrogen-bond acceptors (Lipinski definition) is 2. The van der Waals surface area contributed by atoms with Crippen LogP contribution in [0.5, 0.6) is 0 Å². The van der Waals surface area contributed by atoms with Crippen LogP contribution in [0, 0.1) is 5.92 Å². The second kappa shape index (κ2) is 4.00. The molecule has 3 rings (SSSR count). The number of halogens is 1. The van der Waals surface area contributed by atoms with Crippen molar-refractivity contribution < 1.29 is 0 Å². The van der Waals surface area contributed by atoms with Crippen molar-refractivity contribution in [2.75, 3.05) is 6.54 Å². The molecule has 1 aromatic heterocycles. The Kier molecular flexibility index (Phi) is 2.48. The molecule has 3 nitrogen and oxygen atoms in total. The number of aryl methyl sites for hydroxylation is 1. The monoisotopic (exact) mass is 245 g/mol. The highest BCUT2D eigenvalue weighted by Gasteiger charge is 2.22. The third kappa shape index (κ3) is 1.87. The van der Waals surface area contributed by atoms with Crippen molar-refractivity contribution >= 4 is 17.3 Å². The van der Waals surface area contributed by atoms with Crippen molar-refractivity contribution in [2.24, 2.45) is 18.0 Å². The van der Waals surface area contributed by atoms with E-state index in [1.54, 1.807) is 4.68 Å². The highest BCUT2D eigenvalue weighted by molar-refractivity contribution is 6.30. The summed E-state index contributed by atoms with van der Waals surface area (Å²) in [5.74, 6) is 0.238. The molecular weight excluding hydrogens is 234 g/mol. The average Bonchev–Trinajstić information content (AvgIpc) is 2.76. The van der Waals surface area contributed by atoms with E-state index in [2.05, 4.69) is 22.2 Å².